The van der Waals surface area contributed by atoms with Gasteiger partial charge in [-0.05, 0) is 23.3 Å². The summed E-state index contributed by atoms with van der Waals surface area (Å²) in [5.41, 5.74) is -0.257. The SMILES string of the molecule is CC1(C)C[C@]1(C(=O)N1CCN(c2ncn[nH]2)CC1)c1cccs1. The number of hydrogen-bond donors (Lipinski definition) is 1. The maximum absolute atomic E-state index is 13.3. The minimum Gasteiger partial charge on any atom is -0.338 e. The molecule has 0 radical (unpaired) electrons. The number of piperazine rings is 1. The lowest BCUT2D eigenvalue weighted by atomic mass is 9.92. The minimum atomic E-state index is -0.310. The van der Waals surface area contributed by atoms with Gasteiger partial charge in [0, 0.05) is 31.1 Å². The molecule has 0 spiro atoms. The van der Waals surface area contributed by atoms with Gasteiger partial charge < -0.3 is 9.80 Å². The van der Waals surface area contributed by atoms with Crippen LogP contribution in [-0.4, -0.2) is 52.2 Å². The Morgan fingerprint density at radius 3 is 2.57 bits per heavy atom. The highest BCUT2D eigenvalue weighted by molar-refractivity contribution is 7.10. The highest BCUT2D eigenvalue weighted by Gasteiger charge is 2.68. The number of aromatic amines is 1. The van der Waals surface area contributed by atoms with Crippen LogP contribution in [-0.2, 0) is 10.2 Å². The number of carbonyl (C=O) groups excluding carboxylic acids is 1. The van der Waals surface area contributed by atoms with Crippen molar-refractivity contribution in [3.63, 3.8) is 0 Å². The molecule has 2 fully saturated rings. The number of thiophene rings is 1. The van der Waals surface area contributed by atoms with E-state index in [9.17, 15) is 4.79 Å². The number of rotatable bonds is 3. The number of anilines is 1. The molecule has 2 aromatic heterocycles. The average Bonchev–Trinajstić information content (AvgIpc) is 3.07. The number of nitrogens with zero attached hydrogens (tertiary/aromatic N) is 4. The molecular formula is C16H21N5OS. The zero-order chi connectivity index (χ0) is 16.1. The summed E-state index contributed by atoms with van der Waals surface area (Å²) < 4.78 is 0. The quantitative estimate of drug-likeness (QED) is 0.933. The predicted octanol–water partition coefficient (Wildman–Crippen LogP) is 1.88. The van der Waals surface area contributed by atoms with Crippen LogP contribution in [0.1, 0.15) is 25.1 Å². The number of H-pyrrole nitrogens is 1. The normalized spacial score (nSPS) is 26.3. The average molecular weight is 331 g/mol. The van der Waals surface area contributed by atoms with Crippen LogP contribution in [0.5, 0.6) is 0 Å². The van der Waals surface area contributed by atoms with Gasteiger partial charge in [-0.15, -0.1) is 11.3 Å². The van der Waals surface area contributed by atoms with E-state index in [0.717, 1.165) is 38.5 Å². The van der Waals surface area contributed by atoms with E-state index in [2.05, 4.69) is 45.4 Å². The zero-order valence-corrected chi connectivity index (χ0v) is 14.3. The Labute approximate surface area is 139 Å². The third kappa shape index (κ3) is 2.17. The van der Waals surface area contributed by atoms with Gasteiger partial charge in [0.1, 0.15) is 6.33 Å². The standard InChI is InChI=1S/C16H21N5OS/c1-15(2)10-16(15,12-4-3-9-23-12)13(22)20-5-7-21(8-6-20)14-17-11-18-19-14/h3-4,9,11H,5-8,10H2,1-2H3,(H,17,18,19)/t16-/m1/s1. The molecule has 2 aliphatic rings. The second kappa shape index (κ2) is 5.06. The van der Waals surface area contributed by atoms with E-state index in [4.69, 9.17) is 0 Å². The van der Waals surface area contributed by atoms with Gasteiger partial charge in [-0.3, -0.25) is 4.79 Å². The van der Waals surface area contributed by atoms with E-state index in [1.54, 1.807) is 11.3 Å². The molecule has 1 aliphatic heterocycles. The van der Waals surface area contributed by atoms with Gasteiger partial charge in [0.15, 0.2) is 0 Å². The van der Waals surface area contributed by atoms with Crippen LogP contribution in [0.2, 0.25) is 0 Å². The molecule has 0 bridgehead atoms. The molecule has 1 atom stereocenters. The summed E-state index contributed by atoms with van der Waals surface area (Å²) in [6, 6.07) is 4.16. The van der Waals surface area contributed by atoms with Gasteiger partial charge in [-0.2, -0.15) is 10.1 Å². The zero-order valence-electron chi connectivity index (χ0n) is 13.5. The van der Waals surface area contributed by atoms with Crippen molar-refractivity contribution in [2.24, 2.45) is 5.41 Å². The highest BCUT2D eigenvalue weighted by atomic mass is 32.1. The van der Waals surface area contributed by atoms with Crippen molar-refractivity contribution >= 4 is 23.2 Å². The van der Waals surface area contributed by atoms with Crippen LogP contribution in [0.15, 0.2) is 23.8 Å². The van der Waals surface area contributed by atoms with Crippen LogP contribution in [0, 0.1) is 5.41 Å². The van der Waals surface area contributed by atoms with Gasteiger partial charge in [0.2, 0.25) is 11.9 Å². The molecule has 1 saturated carbocycles. The van der Waals surface area contributed by atoms with Gasteiger partial charge in [-0.25, -0.2) is 5.10 Å². The van der Waals surface area contributed by atoms with Gasteiger partial charge in [0.25, 0.3) is 0 Å². The molecule has 122 valence electrons. The largest absolute Gasteiger partial charge is 0.338 e. The highest BCUT2D eigenvalue weighted by Crippen LogP contribution is 2.66. The number of amides is 1. The monoisotopic (exact) mass is 331 g/mol. The van der Waals surface area contributed by atoms with Crippen LogP contribution in [0.3, 0.4) is 0 Å². The molecular weight excluding hydrogens is 310 g/mol. The molecule has 23 heavy (non-hydrogen) atoms. The summed E-state index contributed by atoms with van der Waals surface area (Å²) >= 11 is 1.70. The molecule has 1 saturated heterocycles. The summed E-state index contributed by atoms with van der Waals surface area (Å²) in [4.78, 5) is 22.8. The van der Waals surface area contributed by atoms with Gasteiger partial charge >= 0.3 is 0 Å². The number of carbonyl (C=O) groups is 1. The van der Waals surface area contributed by atoms with Crippen LogP contribution < -0.4 is 4.90 Å². The lowest BCUT2D eigenvalue weighted by Gasteiger charge is -2.37. The Morgan fingerprint density at radius 2 is 2.04 bits per heavy atom. The topological polar surface area (TPSA) is 65.1 Å². The molecule has 0 aromatic carbocycles. The molecule has 2 aromatic rings. The Hall–Kier alpha value is -1.89. The molecule has 0 unspecified atom stereocenters. The smallest absolute Gasteiger partial charge is 0.234 e. The molecule has 1 N–H and O–H groups in total. The first kappa shape index (κ1) is 14.7. The molecule has 1 amide bonds. The number of nitrogens with one attached hydrogen (secondary N) is 1. The Balaban J connectivity index is 1.50. The maximum Gasteiger partial charge on any atom is 0.234 e. The third-order valence-electron chi connectivity index (χ3n) is 5.31. The van der Waals surface area contributed by atoms with Crippen molar-refractivity contribution < 1.29 is 4.79 Å². The minimum absolute atomic E-state index is 0.0526. The van der Waals surface area contributed by atoms with E-state index >= 15 is 0 Å². The van der Waals surface area contributed by atoms with Crippen LogP contribution in [0.25, 0.3) is 0 Å². The fourth-order valence-electron chi connectivity index (χ4n) is 3.77. The van der Waals surface area contributed by atoms with E-state index in [1.165, 1.54) is 11.2 Å². The van der Waals surface area contributed by atoms with Crippen molar-refractivity contribution in [3.8, 4) is 0 Å². The van der Waals surface area contributed by atoms with Gasteiger partial charge in [0.05, 0.1) is 5.41 Å². The summed E-state index contributed by atoms with van der Waals surface area (Å²) in [7, 11) is 0. The third-order valence-corrected chi connectivity index (χ3v) is 6.34. The Kier molecular flexibility index (Phi) is 3.23. The fraction of sp³-hybridized carbons (Fsp3) is 0.562. The summed E-state index contributed by atoms with van der Waals surface area (Å²) in [5.74, 6) is 1.08. The molecule has 4 rings (SSSR count). The van der Waals surface area contributed by atoms with Crippen molar-refractivity contribution in [2.45, 2.75) is 25.7 Å². The number of hydrogen-bond acceptors (Lipinski definition) is 5. The second-order valence-electron chi connectivity index (χ2n) is 7.03. The maximum atomic E-state index is 13.3. The predicted molar refractivity (Wildman–Crippen MR) is 89.6 cm³/mol. The van der Waals surface area contributed by atoms with Crippen LogP contribution >= 0.6 is 11.3 Å². The van der Waals surface area contributed by atoms with Crippen molar-refractivity contribution in [3.05, 3.63) is 28.7 Å². The molecule has 7 heteroatoms. The summed E-state index contributed by atoms with van der Waals surface area (Å²) in [6.45, 7) is 7.47. The van der Waals surface area contributed by atoms with E-state index in [-0.39, 0.29) is 10.8 Å². The van der Waals surface area contributed by atoms with Gasteiger partial charge in [-0.1, -0.05) is 19.9 Å². The van der Waals surface area contributed by atoms with Crippen LogP contribution in [0.4, 0.5) is 5.95 Å². The molecule has 1 aliphatic carbocycles. The molecule has 3 heterocycles. The summed E-state index contributed by atoms with van der Waals surface area (Å²) in [6.07, 6.45) is 2.47. The second-order valence-corrected chi connectivity index (χ2v) is 7.98. The first-order valence-electron chi connectivity index (χ1n) is 7.98. The van der Waals surface area contributed by atoms with E-state index < -0.39 is 0 Å². The Bertz CT molecular complexity index is 688. The lowest BCUT2D eigenvalue weighted by Crippen LogP contribution is -2.52. The Morgan fingerprint density at radius 1 is 1.30 bits per heavy atom. The van der Waals surface area contributed by atoms with E-state index in [1.807, 2.05) is 11.0 Å². The first-order chi connectivity index (χ1) is 11.0. The number of aromatic nitrogens is 3. The first-order valence-corrected chi connectivity index (χ1v) is 8.86. The summed E-state index contributed by atoms with van der Waals surface area (Å²) in [5, 5.41) is 8.86. The fourth-order valence-corrected chi connectivity index (χ4v) is 4.87. The van der Waals surface area contributed by atoms with Crippen molar-refractivity contribution in [1.82, 2.24) is 20.1 Å². The van der Waals surface area contributed by atoms with Crippen molar-refractivity contribution in [2.75, 3.05) is 31.1 Å². The van der Waals surface area contributed by atoms with Crippen molar-refractivity contribution in [1.29, 1.82) is 0 Å². The van der Waals surface area contributed by atoms with E-state index in [0.29, 0.717) is 5.91 Å². The lowest BCUT2D eigenvalue weighted by molar-refractivity contribution is -0.135. The molecule has 6 nitrogen and oxygen atoms in total.